The van der Waals surface area contributed by atoms with E-state index in [2.05, 4.69) is 5.32 Å². The van der Waals surface area contributed by atoms with Crippen LogP contribution in [0.25, 0.3) is 0 Å². The van der Waals surface area contributed by atoms with E-state index in [0.717, 1.165) is 6.07 Å². The fraction of sp³-hybridized carbons (Fsp3) is 0.600. The molecule has 0 fully saturated rings. The summed E-state index contributed by atoms with van der Waals surface area (Å²) >= 11 is 0. The van der Waals surface area contributed by atoms with Crippen molar-refractivity contribution in [1.82, 2.24) is 5.32 Å². The summed E-state index contributed by atoms with van der Waals surface area (Å²) in [5, 5.41) is 12.2. The number of benzene rings is 1. The Morgan fingerprint density at radius 3 is 2.43 bits per heavy atom. The van der Waals surface area contributed by atoms with Gasteiger partial charge >= 0.3 is 6.18 Å². The van der Waals surface area contributed by atoms with E-state index in [1.165, 1.54) is 6.07 Å². The Labute approximate surface area is 123 Å². The molecule has 0 heterocycles. The average Bonchev–Trinajstić information content (AvgIpc) is 2.35. The van der Waals surface area contributed by atoms with Gasteiger partial charge in [-0.2, -0.15) is 13.2 Å². The monoisotopic (exact) mass is 305 g/mol. The standard InChI is InChI=1S/C15H22F3NO2/c1-10(2)19-9-12-4-5-14(21-7-6-11(3)20)13(8-12)15(16,17)18/h4-5,8,10-11,19-20H,6-7,9H2,1-3H3. The fourth-order valence-electron chi connectivity index (χ4n) is 1.70. The smallest absolute Gasteiger partial charge is 0.419 e. The molecule has 3 nitrogen and oxygen atoms in total. The second kappa shape index (κ2) is 7.66. The summed E-state index contributed by atoms with van der Waals surface area (Å²) in [5.74, 6) is -0.198. The first-order chi connectivity index (χ1) is 9.70. The number of nitrogens with one attached hydrogen (secondary N) is 1. The summed E-state index contributed by atoms with van der Waals surface area (Å²) in [7, 11) is 0. The fourth-order valence-corrected chi connectivity index (χ4v) is 1.70. The molecule has 1 unspecified atom stereocenters. The predicted octanol–water partition coefficient (Wildman–Crippen LogP) is 3.35. The highest BCUT2D eigenvalue weighted by Gasteiger charge is 2.34. The number of hydrogen-bond acceptors (Lipinski definition) is 3. The van der Waals surface area contributed by atoms with E-state index in [1.807, 2.05) is 13.8 Å². The largest absolute Gasteiger partial charge is 0.493 e. The molecule has 6 heteroatoms. The van der Waals surface area contributed by atoms with E-state index in [0.29, 0.717) is 12.1 Å². The lowest BCUT2D eigenvalue weighted by Crippen LogP contribution is -2.22. The van der Waals surface area contributed by atoms with Crippen LogP contribution >= 0.6 is 0 Å². The van der Waals surface area contributed by atoms with E-state index < -0.39 is 17.8 Å². The quantitative estimate of drug-likeness (QED) is 0.811. The molecular formula is C15H22F3NO2. The Morgan fingerprint density at radius 2 is 1.90 bits per heavy atom. The molecule has 0 aliphatic carbocycles. The number of halogens is 3. The Kier molecular flexibility index (Phi) is 6.48. The Balaban J connectivity index is 2.87. The normalized spacial score (nSPS) is 13.5. The molecular weight excluding hydrogens is 283 g/mol. The van der Waals surface area contributed by atoms with Crippen LogP contribution < -0.4 is 10.1 Å². The van der Waals surface area contributed by atoms with E-state index >= 15 is 0 Å². The van der Waals surface area contributed by atoms with Crippen LogP contribution in [0, 0.1) is 0 Å². The van der Waals surface area contributed by atoms with Crippen molar-refractivity contribution in [3.8, 4) is 5.75 Å². The number of aliphatic hydroxyl groups excluding tert-OH is 1. The van der Waals surface area contributed by atoms with Gasteiger partial charge in [0.25, 0.3) is 0 Å². The van der Waals surface area contributed by atoms with E-state index in [1.54, 1.807) is 13.0 Å². The topological polar surface area (TPSA) is 41.5 Å². The van der Waals surface area contributed by atoms with Gasteiger partial charge in [-0.05, 0) is 24.6 Å². The second-order valence-corrected chi connectivity index (χ2v) is 5.35. The molecule has 0 amide bonds. The van der Waals surface area contributed by atoms with Crippen molar-refractivity contribution in [2.75, 3.05) is 6.61 Å². The van der Waals surface area contributed by atoms with Gasteiger partial charge in [-0.15, -0.1) is 0 Å². The molecule has 0 aromatic heterocycles. The van der Waals surface area contributed by atoms with Gasteiger partial charge in [-0.1, -0.05) is 19.9 Å². The lowest BCUT2D eigenvalue weighted by atomic mass is 10.1. The molecule has 1 aromatic carbocycles. The zero-order valence-electron chi connectivity index (χ0n) is 12.5. The maximum absolute atomic E-state index is 13.1. The van der Waals surface area contributed by atoms with Crippen LogP contribution in [0.15, 0.2) is 18.2 Å². The summed E-state index contributed by atoms with van der Waals surface area (Å²) in [5.41, 5.74) is -0.227. The molecule has 0 bridgehead atoms. The Morgan fingerprint density at radius 1 is 1.24 bits per heavy atom. The summed E-state index contributed by atoms with van der Waals surface area (Å²) in [6.07, 6.45) is -4.78. The summed E-state index contributed by atoms with van der Waals surface area (Å²) in [6, 6.07) is 4.25. The summed E-state index contributed by atoms with van der Waals surface area (Å²) in [6.45, 7) is 5.84. The van der Waals surface area contributed by atoms with Crippen LogP contribution in [0.3, 0.4) is 0 Å². The lowest BCUT2D eigenvalue weighted by Gasteiger charge is -2.16. The number of hydrogen-bond donors (Lipinski definition) is 2. The van der Waals surface area contributed by atoms with Crippen LogP contribution in [0.2, 0.25) is 0 Å². The van der Waals surface area contributed by atoms with Gasteiger partial charge in [0.05, 0.1) is 18.3 Å². The molecule has 1 aromatic rings. The van der Waals surface area contributed by atoms with Crippen molar-refractivity contribution in [1.29, 1.82) is 0 Å². The molecule has 1 rings (SSSR count). The molecule has 0 spiro atoms. The van der Waals surface area contributed by atoms with Crippen LogP contribution in [0.4, 0.5) is 13.2 Å². The minimum atomic E-state index is -4.46. The van der Waals surface area contributed by atoms with Gasteiger partial charge in [-0.25, -0.2) is 0 Å². The first kappa shape index (κ1) is 17.8. The maximum atomic E-state index is 13.1. The van der Waals surface area contributed by atoms with Crippen LogP contribution in [0.1, 0.15) is 38.3 Å². The molecule has 21 heavy (non-hydrogen) atoms. The van der Waals surface area contributed by atoms with Gasteiger partial charge in [-0.3, -0.25) is 0 Å². The van der Waals surface area contributed by atoms with Crippen molar-refractivity contribution in [3.05, 3.63) is 29.3 Å². The third kappa shape index (κ3) is 6.35. The Hall–Kier alpha value is -1.27. The van der Waals surface area contributed by atoms with Gasteiger partial charge in [0.1, 0.15) is 5.75 Å². The van der Waals surface area contributed by atoms with Crippen molar-refractivity contribution in [3.63, 3.8) is 0 Å². The Bertz CT molecular complexity index is 445. The zero-order chi connectivity index (χ0) is 16.0. The minimum absolute atomic E-state index is 0.0460. The van der Waals surface area contributed by atoms with Gasteiger partial charge in [0.15, 0.2) is 0 Å². The third-order valence-electron chi connectivity index (χ3n) is 2.86. The van der Waals surface area contributed by atoms with E-state index in [4.69, 9.17) is 9.84 Å². The SMILES string of the molecule is CC(O)CCOc1ccc(CNC(C)C)cc1C(F)(F)F. The summed E-state index contributed by atoms with van der Waals surface area (Å²) in [4.78, 5) is 0. The van der Waals surface area contributed by atoms with Crippen LogP contribution in [-0.2, 0) is 12.7 Å². The lowest BCUT2D eigenvalue weighted by molar-refractivity contribution is -0.139. The zero-order valence-corrected chi connectivity index (χ0v) is 12.5. The second-order valence-electron chi connectivity index (χ2n) is 5.35. The highest BCUT2D eigenvalue weighted by Crippen LogP contribution is 2.37. The first-order valence-corrected chi connectivity index (χ1v) is 6.94. The molecule has 0 aliphatic heterocycles. The molecule has 2 N–H and O–H groups in total. The van der Waals surface area contributed by atoms with Crippen LogP contribution in [0.5, 0.6) is 5.75 Å². The average molecular weight is 305 g/mol. The van der Waals surface area contributed by atoms with Crippen molar-refractivity contribution in [2.45, 2.75) is 52.1 Å². The number of aliphatic hydroxyl groups is 1. The van der Waals surface area contributed by atoms with Crippen molar-refractivity contribution < 1.29 is 23.0 Å². The third-order valence-corrected chi connectivity index (χ3v) is 2.86. The van der Waals surface area contributed by atoms with Crippen LogP contribution in [-0.4, -0.2) is 23.9 Å². The predicted molar refractivity (Wildman–Crippen MR) is 75.2 cm³/mol. The number of alkyl halides is 3. The van der Waals surface area contributed by atoms with E-state index in [-0.39, 0.29) is 24.8 Å². The summed E-state index contributed by atoms with van der Waals surface area (Å²) < 4.78 is 44.3. The maximum Gasteiger partial charge on any atom is 0.419 e. The van der Waals surface area contributed by atoms with Gasteiger partial charge < -0.3 is 15.2 Å². The molecule has 0 radical (unpaired) electrons. The number of ether oxygens (including phenoxy) is 1. The highest BCUT2D eigenvalue weighted by molar-refractivity contribution is 5.39. The molecule has 0 saturated carbocycles. The van der Waals surface area contributed by atoms with Crippen molar-refractivity contribution in [2.24, 2.45) is 0 Å². The first-order valence-electron chi connectivity index (χ1n) is 6.94. The molecule has 0 saturated heterocycles. The van der Waals surface area contributed by atoms with Crippen molar-refractivity contribution >= 4 is 0 Å². The molecule has 0 aliphatic rings. The van der Waals surface area contributed by atoms with Gasteiger partial charge in [0.2, 0.25) is 0 Å². The number of rotatable bonds is 7. The molecule has 1 atom stereocenters. The highest BCUT2D eigenvalue weighted by atomic mass is 19.4. The molecule has 120 valence electrons. The van der Waals surface area contributed by atoms with Gasteiger partial charge in [0, 0.05) is 19.0 Å². The minimum Gasteiger partial charge on any atom is -0.493 e. The van der Waals surface area contributed by atoms with E-state index in [9.17, 15) is 13.2 Å².